The van der Waals surface area contributed by atoms with Crippen LogP contribution in [0.2, 0.25) is 0 Å². The Bertz CT molecular complexity index is 959. The lowest BCUT2D eigenvalue weighted by molar-refractivity contribution is -0.121. The van der Waals surface area contributed by atoms with Crippen LogP contribution in [0.4, 0.5) is 5.69 Å². The quantitative estimate of drug-likeness (QED) is 0.420. The maximum Gasteiger partial charge on any atom is 0.240 e. The van der Waals surface area contributed by atoms with Gasteiger partial charge in [-0.25, -0.2) is 5.43 Å². The van der Waals surface area contributed by atoms with Gasteiger partial charge in [0.05, 0.1) is 5.71 Å². The molecule has 0 aromatic heterocycles. The fourth-order valence-corrected chi connectivity index (χ4v) is 3.77. The average Bonchev–Trinajstić information content (AvgIpc) is 2.80. The smallest absolute Gasteiger partial charge is 0.240 e. The van der Waals surface area contributed by atoms with E-state index in [1.165, 1.54) is 0 Å². The minimum Gasteiger partial charge on any atom is -0.491 e. The number of aliphatic hydroxyl groups excluding tert-OH is 1. The van der Waals surface area contributed by atoms with E-state index in [4.69, 9.17) is 4.74 Å². The van der Waals surface area contributed by atoms with E-state index in [9.17, 15) is 9.90 Å². The number of rotatable bonds is 11. The van der Waals surface area contributed by atoms with E-state index in [0.29, 0.717) is 13.0 Å². The molecule has 0 fully saturated rings. The van der Waals surface area contributed by atoms with Crippen molar-refractivity contribution >= 4 is 17.3 Å². The summed E-state index contributed by atoms with van der Waals surface area (Å²) in [5.41, 5.74) is 7.79. The van der Waals surface area contributed by atoms with E-state index in [1.54, 1.807) is 0 Å². The number of nitrogens with one attached hydrogen (secondary N) is 3. The number of hydrazone groups is 1. The first-order chi connectivity index (χ1) is 15.9. The van der Waals surface area contributed by atoms with Gasteiger partial charge in [-0.05, 0) is 55.2 Å². The molecule has 178 valence electrons. The molecule has 2 aromatic rings. The zero-order valence-corrected chi connectivity index (χ0v) is 20.0. The Hall–Kier alpha value is -2.90. The molecule has 2 aromatic carbocycles. The van der Waals surface area contributed by atoms with Crippen molar-refractivity contribution in [2.45, 2.75) is 52.7 Å². The predicted molar refractivity (Wildman–Crippen MR) is 133 cm³/mol. The Morgan fingerprint density at radius 2 is 1.97 bits per heavy atom. The average molecular weight is 453 g/mol. The summed E-state index contributed by atoms with van der Waals surface area (Å²) in [5, 5.41) is 21.3. The standard InChI is InChI=1S/C26H36N4O3/c1-5-20-7-6-17(2)12-24(20)33-16-23(31)15-27-19(4)14-28-22-10-8-21(9-11-22)26-18(3)13-25(32)29-30-26/h6-12,18-19,23,27-28,31H,5,13-16H2,1-4H3,(H,29,32)/t18-,19?,23-/m0/s1. The highest BCUT2D eigenvalue weighted by Gasteiger charge is 2.21. The van der Waals surface area contributed by atoms with E-state index >= 15 is 0 Å². The Balaban J connectivity index is 1.40. The lowest BCUT2D eigenvalue weighted by atomic mass is 9.94. The minimum atomic E-state index is -0.587. The van der Waals surface area contributed by atoms with Gasteiger partial charge in [0.15, 0.2) is 0 Å². The third-order valence-corrected chi connectivity index (χ3v) is 5.79. The summed E-state index contributed by atoms with van der Waals surface area (Å²) in [7, 11) is 0. The van der Waals surface area contributed by atoms with Gasteiger partial charge < -0.3 is 20.5 Å². The van der Waals surface area contributed by atoms with Crippen LogP contribution in [0.3, 0.4) is 0 Å². The highest BCUT2D eigenvalue weighted by molar-refractivity contribution is 6.05. The number of carbonyl (C=O) groups excluding carboxylic acids is 1. The fraction of sp³-hybridized carbons (Fsp3) is 0.462. The number of hydrogen-bond donors (Lipinski definition) is 4. The molecule has 1 heterocycles. The van der Waals surface area contributed by atoms with Gasteiger partial charge in [-0.2, -0.15) is 5.10 Å². The number of aryl methyl sites for hydroxylation is 2. The number of anilines is 1. The summed E-state index contributed by atoms with van der Waals surface area (Å²) in [4.78, 5) is 11.4. The molecule has 0 radical (unpaired) electrons. The van der Waals surface area contributed by atoms with Gasteiger partial charge in [0.25, 0.3) is 0 Å². The number of hydrogen-bond acceptors (Lipinski definition) is 6. The van der Waals surface area contributed by atoms with Gasteiger partial charge in [0.1, 0.15) is 18.5 Å². The summed E-state index contributed by atoms with van der Waals surface area (Å²) in [6.07, 6.45) is 0.775. The molecule has 33 heavy (non-hydrogen) atoms. The maximum absolute atomic E-state index is 11.4. The monoisotopic (exact) mass is 452 g/mol. The molecule has 1 unspecified atom stereocenters. The Morgan fingerprint density at radius 3 is 2.67 bits per heavy atom. The van der Waals surface area contributed by atoms with Crippen molar-refractivity contribution in [1.29, 1.82) is 0 Å². The zero-order chi connectivity index (χ0) is 23.8. The molecule has 0 saturated heterocycles. The van der Waals surface area contributed by atoms with Crippen LogP contribution in [0.25, 0.3) is 0 Å². The number of amides is 1. The normalized spacial score (nSPS) is 17.7. The number of aliphatic hydroxyl groups is 1. The highest BCUT2D eigenvalue weighted by atomic mass is 16.5. The zero-order valence-electron chi connectivity index (χ0n) is 20.0. The second kappa shape index (κ2) is 11.8. The second-order valence-corrected chi connectivity index (χ2v) is 8.83. The fourth-order valence-electron chi connectivity index (χ4n) is 3.77. The first-order valence-corrected chi connectivity index (χ1v) is 11.7. The molecule has 0 aliphatic carbocycles. The van der Waals surface area contributed by atoms with Crippen molar-refractivity contribution in [2.24, 2.45) is 11.0 Å². The highest BCUT2D eigenvalue weighted by Crippen LogP contribution is 2.21. The topological polar surface area (TPSA) is 95.0 Å². The summed E-state index contributed by atoms with van der Waals surface area (Å²) >= 11 is 0. The van der Waals surface area contributed by atoms with Crippen LogP contribution in [0.5, 0.6) is 5.75 Å². The van der Waals surface area contributed by atoms with Crippen molar-refractivity contribution < 1.29 is 14.6 Å². The maximum atomic E-state index is 11.4. The van der Waals surface area contributed by atoms with Gasteiger partial charge in [0, 0.05) is 37.2 Å². The van der Waals surface area contributed by atoms with Gasteiger partial charge in [-0.15, -0.1) is 0 Å². The third-order valence-electron chi connectivity index (χ3n) is 5.79. The van der Waals surface area contributed by atoms with Crippen molar-refractivity contribution in [3.8, 4) is 5.75 Å². The first-order valence-electron chi connectivity index (χ1n) is 11.7. The van der Waals surface area contributed by atoms with Crippen LogP contribution in [0, 0.1) is 12.8 Å². The largest absolute Gasteiger partial charge is 0.491 e. The molecule has 3 atom stereocenters. The van der Waals surface area contributed by atoms with E-state index < -0.39 is 6.10 Å². The van der Waals surface area contributed by atoms with Crippen molar-refractivity contribution in [3.63, 3.8) is 0 Å². The lowest BCUT2D eigenvalue weighted by Gasteiger charge is -2.20. The molecule has 3 rings (SSSR count). The van der Waals surface area contributed by atoms with E-state index in [-0.39, 0.29) is 24.5 Å². The Labute approximate surface area is 196 Å². The molecule has 0 spiro atoms. The predicted octanol–water partition coefficient (Wildman–Crippen LogP) is 3.25. The van der Waals surface area contributed by atoms with Gasteiger partial charge >= 0.3 is 0 Å². The number of carbonyl (C=O) groups is 1. The van der Waals surface area contributed by atoms with Crippen LogP contribution in [-0.2, 0) is 11.2 Å². The van der Waals surface area contributed by atoms with Crippen LogP contribution < -0.4 is 20.8 Å². The number of benzene rings is 2. The van der Waals surface area contributed by atoms with Crippen LogP contribution in [-0.4, -0.2) is 48.6 Å². The van der Waals surface area contributed by atoms with Crippen molar-refractivity contribution in [3.05, 3.63) is 59.2 Å². The Kier molecular flexibility index (Phi) is 8.86. The molecule has 7 nitrogen and oxygen atoms in total. The van der Waals surface area contributed by atoms with Gasteiger partial charge in [-0.3, -0.25) is 4.79 Å². The first kappa shape index (κ1) is 24.7. The van der Waals surface area contributed by atoms with Gasteiger partial charge in [0.2, 0.25) is 5.91 Å². The molecule has 1 aliphatic heterocycles. The summed E-state index contributed by atoms with van der Waals surface area (Å²) in [6.45, 7) is 9.66. The molecule has 4 N–H and O–H groups in total. The summed E-state index contributed by atoms with van der Waals surface area (Å²) < 4.78 is 5.87. The number of nitrogens with zero attached hydrogens (tertiary/aromatic N) is 1. The molecule has 1 aliphatic rings. The molecule has 0 saturated carbocycles. The van der Waals surface area contributed by atoms with E-state index in [1.807, 2.05) is 44.2 Å². The minimum absolute atomic E-state index is 0.0384. The van der Waals surface area contributed by atoms with E-state index in [0.717, 1.165) is 46.8 Å². The molecule has 0 bridgehead atoms. The molecular formula is C26H36N4O3. The Morgan fingerprint density at radius 1 is 1.21 bits per heavy atom. The van der Waals surface area contributed by atoms with E-state index in [2.05, 4.69) is 47.1 Å². The van der Waals surface area contributed by atoms with Crippen LogP contribution >= 0.6 is 0 Å². The van der Waals surface area contributed by atoms with Crippen LogP contribution in [0.1, 0.15) is 43.9 Å². The second-order valence-electron chi connectivity index (χ2n) is 8.83. The molecular weight excluding hydrogens is 416 g/mol. The summed E-state index contributed by atoms with van der Waals surface area (Å²) in [6, 6.07) is 14.4. The SMILES string of the molecule is CCc1ccc(C)cc1OC[C@@H](O)CNC(C)CNc1ccc(C2=NNC(=O)C[C@@H]2C)cc1. The van der Waals surface area contributed by atoms with Gasteiger partial charge in [-0.1, -0.05) is 38.1 Å². The lowest BCUT2D eigenvalue weighted by Crippen LogP contribution is -2.39. The number of ether oxygens (including phenoxy) is 1. The van der Waals surface area contributed by atoms with Crippen molar-refractivity contribution in [1.82, 2.24) is 10.7 Å². The summed E-state index contributed by atoms with van der Waals surface area (Å²) in [5.74, 6) is 0.922. The van der Waals surface area contributed by atoms with Crippen molar-refractivity contribution in [2.75, 3.05) is 25.0 Å². The molecule has 7 heteroatoms. The third kappa shape index (κ3) is 7.30. The van der Waals surface area contributed by atoms with Crippen LogP contribution in [0.15, 0.2) is 47.6 Å². The molecule has 1 amide bonds.